The van der Waals surface area contributed by atoms with Crippen LogP contribution in [0.5, 0.6) is 0 Å². The molecule has 0 spiro atoms. The minimum Gasteiger partial charge on any atom is -0.468 e. The van der Waals surface area contributed by atoms with Gasteiger partial charge in [-0.3, -0.25) is 4.79 Å². The van der Waals surface area contributed by atoms with Gasteiger partial charge in [-0.25, -0.2) is 0 Å². The van der Waals surface area contributed by atoms with E-state index in [1.807, 2.05) is 53.1 Å². The van der Waals surface area contributed by atoms with Crippen LogP contribution in [0.15, 0.2) is 51.6 Å². The van der Waals surface area contributed by atoms with Gasteiger partial charge in [-0.05, 0) is 46.6 Å². The SMILES string of the molecule is O=C(c1ccccc1Br)N1CCS[C@H](c2ccco2)CC1. The largest absolute Gasteiger partial charge is 0.468 e. The first-order valence-electron chi connectivity index (χ1n) is 6.94. The summed E-state index contributed by atoms with van der Waals surface area (Å²) in [5.74, 6) is 2.04. The lowest BCUT2D eigenvalue weighted by molar-refractivity contribution is 0.0765. The normalized spacial score (nSPS) is 19.3. The monoisotopic (exact) mass is 365 g/mol. The number of carbonyl (C=O) groups is 1. The zero-order valence-electron chi connectivity index (χ0n) is 11.5. The molecule has 3 nitrogen and oxygen atoms in total. The van der Waals surface area contributed by atoms with Crippen LogP contribution in [0.4, 0.5) is 0 Å². The van der Waals surface area contributed by atoms with Gasteiger partial charge in [-0.2, -0.15) is 0 Å². The third kappa shape index (κ3) is 3.35. The Morgan fingerprint density at radius 2 is 2.10 bits per heavy atom. The topological polar surface area (TPSA) is 33.5 Å². The second-order valence-electron chi connectivity index (χ2n) is 4.94. The van der Waals surface area contributed by atoms with Gasteiger partial charge in [0.1, 0.15) is 5.76 Å². The second-order valence-corrected chi connectivity index (χ2v) is 7.10. The summed E-state index contributed by atoms with van der Waals surface area (Å²) in [5, 5.41) is 0.344. The molecule has 0 saturated carbocycles. The predicted molar refractivity (Wildman–Crippen MR) is 88.6 cm³/mol. The van der Waals surface area contributed by atoms with Crippen molar-refractivity contribution in [3.8, 4) is 0 Å². The van der Waals surface area contributed by atoms with Crippen molar-refractivity contribution in [2.24, 2.45) is 0 Å². The van der Waals surface area contributed by atoms with Gasteiger partial charge < -0.3 is 9.32 Å². The molecule has 1 aromatic carbocycles. The molecule has 1 amide bonds. The van der Waals surface area contributed by atoms with E-state index in [1.54, 1.807) is 6.26 Å². The van der Waals surface area contributed by atoms with E-state index in [-0.39, 0.29) is 5.91 Å². The Kier molecular flexibility index (Phi) is 4.70. The molecule has 2 heterocycles. The number of furan rings is 1. The van der Waals surface area contributed by atoms with Crippen LogP contribution in [0.2, 0.25) is 0 Å². The van der Waals surface area contributed by atoms with Crippen LogP contribution in [0.1, 0.15) is 27.8 Å². The fourth-order valence-corrected chi connectivity index (χ4v) is 4.12. The van der Waals surface area contributed by atoms with Crippen molar-refractivity contribution in [2.75, 3.05) is 18.8 Å². The first kappa shape index (κ1) is 14.7. The molecule has 1 aromatic heterocycles. The molecule has 21 heavy (non-hydrogen) atoms. The molecule has 2 aromatic rings. The van der Waals surface area contributed by atoms with Gasteiger partial charge in [0, 0.05) is 23.3 Å². The number of hydrogen-bond donors (Lipinski definition) is 0. The summed E-state index contributed by atoms with van der Waals surface area (Å²) in [6, 6.07) is 11.5. The number of carbonyl (C=O) groups excluding carboxylic acids is 1. The molecule has 1 aliphatic heterocycles. The van der Waals surface area contributed by atoms with Gasteiger partial charge in [-0.15, -0.1) is 11.8 Å². The lowest BCUT2D eigenvalue weighted by Gasteiger charge is -2.20. The molecule has 1 atom stereocenters. The summed E-state index contributed by atoms with van der Waals surface area (Å²) in [4.78, 5) is 14.6. The summed E-state index contributed by atoms with van der Waals surface area (Å²) < 4.78 is 6.35. The minimum absolute atomic E-state index is 0.100. The Morgan fingerprint density at radius 1 is 1.24 bits per heavy atom. The molecule has 0 bridgehead atoms. The van der Waals surface area contributed by atoms with Gasteiger partial charge in [0.2, 0.25) is 0 Å². The van der Waals surface area contributed by atoms with E-state index in [4.69, 9.17) is 4.42 Å². The molecule has 1 saturated heterocycles. The summed E-state index contributed by atoms with van der Waals surface area (Å²) in [6.07, 6.45) is 2.64. The molecular weight excluding hydrogens is 350 g/mol. The Hall–Kier alpha value is -1.20. The molecule has 0 aliphatic carbocycles. The van der Waals surface area contributed by atoms with Crippen LogP contribution in [-0.4, -0.2) is 29.6 Å². The van der Waals surface area contributed by atoms with Gasteiger partial charge in [0.25, 0.3) is 5.91 Å². The first-order chi connectivity index (χ1) is 10.3. The Morgan fingerprint density at radius 3 is 2.86 bits per heavy atom. The fourth-order valence-electron chi connectivity index (χ4n) is 2.48. The minimum atomic E-state index is 0.100. The van der Waals surface area contributed by atoms with Gasteiger partial charge >= 0.3 is 0 Å². The van der Waals surface area contributed by atoms with Gasteiger partial charge in [0.05, 0.1) is 17.1 Å². The summed E-state index contributed by atoms with van der Waals surface area (Å²) in [5.41, 5.74) is 0.735. The van der Waals surface area contributed by atoms with Crippen LogP contribution in [0.3, 0.4) is 0 Å². The third-order valence-corrected chi connectivity index (χ3v) is 5.57. The number of nitrogens with zero attached hydrogens (tertiary/aromatic N) is 1. The van der Waals surface area contributed by atoms with Crippen molar-refractivity contribution in [3.05, 3.63) is 58.5 Å². The lowest BCUT2D eigenvalue weighted by Crippen LogP contribution is -2.33. The fraction of sp³-hybridized carbons (Fsp3) is 0.312. The quantitative estimate of drug-likeness (QED) is 0.792. The molecule has 1 aliphatic rings. The average Bonchev–Trinajstić information content (AvgIpc) is 2.92. The Labute approximate surface area is 136 Å². The lowest BCUT2D eigenvalue weighted by atomic mass is 10.2. The van der Waals surface area contributed by atoms with Crippen molar-refractivity contribution in [1.82, 2.24) is 4.90 Å². The number of amides is 1. The highest BCUT2D eigenvalue weighted by molar-refractivity contribution is 9.10. The molecule has 0 radical (unpaired) electrons. The third-order valence-electron chi connectivity index (χ3n) is 3.59. The summed E-state index contributed by atoms with van der Waals surface area (Å²) >= 11 is 5.32. The van der Waals surface area contributed by atoms with E-state index in [0.717, 1.165) is 41.1 Å². The molecule has 1 fully saturated rings. The van der Waals surface area contributed by atoms with Crippen LogP contribution < -0.4 is 0 Å². The van der Waals surface area contributed by atoms with Crippen molar-refractivity contribution in [1.29, 1.82) is 0 Å². The highest BCUT2D eigenvalue weighted by Gasteiger charge is 2.24. The van der Waals surface area contributed by atoms with Crippen molar-refractivity contribution in [2.45, 2.75) is 11.7 Å². The van der Waals surface area contributed by atoms with Gasteiger partial charge in [0.15, 0.2) is 0 Å². The zero-order valence-corrected chi connectivity index (χ0v) is 13.9. The molecular formula is C16H16BrNO2S. The molecule has 110 valence electrons. The smallest absolute Gasteiger partial charge is 0.255 e. The summed E-state index contributed by atoms with van der Waals surface area (Å²) in [6.45, 7) is 1.54. The zero-order chi connectivity index (χ0) is 14.7. The first-order valence-corrected chi connectivity index (χ1v) is 8.78. The van der Waals surface area contributed by atoms with Crippen molar-refractivity contribution < 1.29 is 9.21 Å². The van der Waals surface area contributed by atoms with E-state index < -0.39 is 0 Å². The van der Waals surface area contributed by atoms with Crippen molar-refractivity contribution >= 4 is 33.6 Å². The number of benzene rings is 1. The standard InChI is InChI=1S/C16H16BrNO2S/c17-13-5-2-1-4-12(13)16(19)18-8-7-15(21-11-9-18)14-6-3-10-20-14/h1-6,10,15H,7-9,11H2/t15-/m0/s1. The van der Waals surface area contributed by atoms with Crippen LogP contribution in [0.25, 0.3) is 0 Å². The van der Waals surface area contributed by atoms with Gasteiger partial charge in [-0.1, -0.05) is 12.1 Å². The number of halogens is 1. The maximum absolute atomic E-state index is 12.6. The highest BCUT2D eigenvalue weighted by atomic mass is 79.9. The molecule has 0 unspecified atom stereocenters. The van der Waals surface area contributed by atoms with Crippen LogP contribution in [0, 0.1) is 0 Å². The van der Waals surface area contributed by atoms with E-state index >= 15 is 0 Å². The van der Waals surface area contributed by atoms with Crippen LogP contribution in [-0.2, 0) is 0 Å². The van der Waals surface area contributed by atoms with E-state index in [1.165, 1.54) is 0 Å². The Balaban J connectivity index is 1.70. The summed E-state index contributed by atoms with van der Waals surface area (Å²) in [7, 11) is 0. The Bertz CT molecular complexity index is 614. The van der Waals surface area contributed by atoms with Crippen LogP contribution >= 0.6 is 27.7 Å². The van der Waals surface area contributed by atoms with Crippen molar-refractivity contribution in [3.63, 3.8) is 0 Å². The van der Waals surface area contributed by atoms with E-state index in [0.29, 0.717) is 5.25 Å². The second kappa shape index (κ2) is 6.71. The maximum atomic E-state index is 12.6. The van der Waals surface area contributed by atoms with E-state index in [9.17, 15) is 4.79 Å². The maximum Gasteiger partial charge on any atom is 0.255 e. The molecule has 5 heteroatoms. The average molecular weight is 366 g/mol. The molecule has 3 rings (SSSR count). The number of thioether (sulfide) groups is 1. The highest BCUT2D eigenvalue weighted by Crippen LogP contribution is 2.35. The molecule has 0 N–H and O–H groups in total. The predicted octanol–water partition coefficient (Wildman–Crippen LogP) is 4.36. The number of rotatable bonds is 2. The number of hydrogen-bond acceptors (Lipinski definition) is 3. The van der Waals surface area contributed by atoms with E-state index in [2.05, 4.69) is 15.9 Å².